The Kier molecular flexibility index (Phi) is 7.06. The van der Waals surface area contributed by atoms with Gasteiger partial charge in [0.1, 0.15) is 12.3 Å². The van der Waals surface area contributed by atoms with Crippen LogP contribution in [0.4, 0.5) is 20.9 Å². The van der Waals surface area contributed by atoms with Crippen LogP contribution in [0.2, 0.25) is 0 Å². The van der Waals surface area contributed by atoms with E-state index in [1.165, 1.54) is 5.56 Å². The highest BCUT2D eigenvalue weighted by molar-refractivity contribution is 7.18. The minimum Gasteiger partial charge on any atom is -0.355 e. The van der Waals surface area contributed by atoms with E-state index in [-0.39, 0.29) is 6.67 Å². The summed E-state index contributed by atoms with van der Waals surface area (Å²) in [7, 11) is 0. The van der Waals surface area contributed by atoms with Crippen molar-refractivity contribution in [2.24, 2.45) is 0 Å². The van der Waals surface area contributed by atoms with Crippen molar-refractivity contribution < 1.29 is 4.39 Å². The van der Waals surface area contributed by atoms with Gasteiger partial charge >= 0.3 is 0 Å². The molecule has 182 valence electrons. The highest BCUT2D eigenvalue weighted by Gasteiger charge is 2.12. The van der Waals surface area contributed by atoms with E-state index in [4.69, 9.17) is 0 Å². The van der Waals surface area contributed by atoms with Crippen LogP contribution in [-0.2, 0) is 6.54 Å². The third-order valence-electron chi connectivity index (χ3n) is 5.88. The summed E-state index contributed by atoms with van der Waals surface area (Å²) in [4.78, 5) is 10.2. The van der Waals surface area contributed by atoms with Crippen molar-refractivity contribution in [2.45, 2.75) is 13.5 Å². The van der Waals surface area contributed by atoms with E-state index in [1.54, 1.807) is 11.3 Å². The maximum Gasteiger partial charge on any atom is 0.187 e. The molecular formula is C28H27FN6S. The number of nitrogens with one attached hydrogen (secondary N) is 3. The zero-order valence-electron chi connectivity index (χ0n) is 20.0. The maximum atomic E-state index is 12.4. The molecule has 8 heteroatoms. The summed E-state index contributed by atoms with van der Waals surface area (Å²) in [6, 6.07) is 20.2. The van der Waals surface area contributed by atoms with E-state index < -0.39 is 0 Å². The van der Waals surface area contributed by atoms with Crippen molar-refractivity contribution in [3.8, 4) is 10.6 Å². The lowest BCUT2D eigenvalue weighted by Crippen LogP contribution is -2.16. The average Bonchev–Trinajstić information content (AvgIpc) is 3.53. The van der Waals surface area contributed by atoms with Crippen LogP contribution in [0.5, 0.6) is 0 Å². The monoisotopic (exact) mass is 498 g/mol. The Morgan fingerprint density at radius 1 is 1.03 bits per heavy atom. The van der Waals surface area contributed by atoms with Gasteiger partial charge in [-0.3, -0.25) is 4.40 Å². The van der Waals surface area contributed by atoms with Gasteiger partial charge in [0, 0.05) is 48.1 Å². The van der Waals surface area contributed by atoms with Crippen LogP contribution in [0.1, 0.15) is 16.7 Å². The highest BCUT2D eigenvalue weighted by Crippen LogP contribution is 2.32. The molecule has 6 nitrogen and oxygen atoms in total. The molecule has 3 N–H and O–H groups in total. The van der Waals surface area contributed by atoms with E-state index in [2.05, 4.69) is 45.5 Å². The van der Waals surface area contributed by atoms with E-state index >= 15 is 0 Å². The molecule has 0 radical (unpaired) electrons. The number of nitrogens with zero attached hydrogens (tertiary/aromatic N) is 3. The summed E-state index contributed by atoms with van der Waals surface area (Å²) in [6.45, 7) is 6.78. The number of halogens is 1. The molecule has 5 aromatic rings. The van der Waals surface area contributed by atoms with Gasteiger partial charge in [-0.1, -0.05) is 54.3 Å². The first kappa shape index (κ1) is 23.7. The first-order valence-corrected chi connectivity index (χ1v) is 12.5. The predicted molar refractivity (Wildman–Crippen MR) is 148 cm³/mol. The Hall–Kier alpha value is -4.01. The Labute approximate surface area is 213 Å². The SMILES string of the molecule is C=C(Nc1ccccc1C)c1ccc(Nc2ncc(-c3cnc4c(CNCCF)cccn34)s2)cc1. The second-order valence-electron chi connectivity index (χ2n) is 8.39. The van der Waals surface area contributed by atoms with E-state index in [0.29, 0.717) is 13.1 Å². The quantitative estimate of drug-likeness (QED) is 0.188. The van der Waals surface area contributed by atoms with Gasteiger partial charge in [-0.25, -0.2) is 14.4 Å². The summed E-state index contributed by atoms with van der Waals surface area (Å²) in [5.74, 6) is 0. The fraction of sp³-hybridized carbons (Fsp3) is 0.143. The smallest absolute Gasteiger partial charge is 0.187 e. The topological polar surface area (TPSA) is 66.3 Å². The number of anilines is 3. The molecule has 5 rings (SSSR count). The molecule has 0 atom stereocenters. The molecule has 0 saturated carbocycles. The Bertz CT molecular complexity index is 1490. The van der Waals surface area contributed by atoms with Crippen molar-refractivity contribution in [3.63, 3.8) is 0 Å². The average molecular weight is 499 g/mol. The fourth-order valence-electron chi connectivity index (χ4n) is 3.96. The van der Waals surface area contributed by atoms with Crippen LogP contribution in [0.3, 0.4) is 0 Å². The first-order valence-electron chi connectivity index (χ1n) is 11.7. The molecule has 36 heavy (non-hydrogen) atoms. The number of hydrogen-bond donors (Lipinski definition) is 3. The molecule has 0 spiro atoms. The zero-order chi connectivity index (χ0) is 24.9. The number of fused-ring (bicyclic) bond motifs is 1. The summed E-state index contributed by atoms with van der Waals surface area (Å²) in [6.07, 6.45) is 5.69. The molecule has 0 bridgehead atoms. The van der Waals surface area contributed by atoms with Gasteiger partial charge in [-0.2, -0.15) is 0 Å². The number of rotatable bonds is 10. The van der Waals surface area contributed by atoms with Crippen LogP contribution < -0.4 is 16.0 Å². The first-order chi connectivity index (χ1) is 17.6. The maximum absolute atomic E-state index is 12.4. The number of aryl methyl sites for hydroxylation is 1. The van der Waals surface area contributed by atoms with Crippen molar-refractivity contribution in [1.29, 1.82) is 0 Å². The van der Waals surface area contributed by atoms with Crippen molar-refractivity contribution in [1.82, 2.24) is 19.7 Å². The van der Waals surface area contributed by atoms with Gasteiger partial charge in [0.2, 0.25) is 0 Å². The van der Waals surface area contributed by atoms with E-state index in [9.17, 15) is 4.39 Å². The van der Waals surface area contributed by atoms with Gasteiger partial charge in [0.25, 0.3) is 0 Å². The van der Waals surface area contributed by atoms with Gasteiger partial charge in [0.15, 0.2) is 5.13 Å². The second kappa shape index (κ2) is 10.7. The summed E-state index contributed by atoms with van der Waals surface area (Å²) < 4.78 is 14.5. The third kappa shape index (κ3) is 5.15. The predicted octanol–water partition coefficient (Wildman–Crippen LogP) is 6.65. The molecular weight excluding hydrogens is 471 g/mol. The zero-order valence-corrected chi connectivity index (χ0v) is 20.8. The van der Waals surface area contributed by atoms with Crippen molar-refractivity contribution >= 4 is 39.2 Å². The molecule has 0 unspecified atom stereocenters. The lowest BCUT2D eigenvalue weighted by molar-refractivity contribution is 0.467. The van der Waals surface area contributed by atoms with Crippen molar-refractivity contribution in [2.75, 3.05) is 23.9 Å². The Morgan fingerprint density at radius 2 is 1.86 bits per heavy atom. The number of para-hydroxylation sites is 1. The third-order valence-corrected chi connectivity index (χ3v) is 6.81. The lowest BCUT2D eigenvalue weighted by atomic mass is 10.1. The molecule has 0 amide bonds. The number of benzene rings is 2. The van der Waals surface area contributed by atoms with Crippen LogP contribution in [0.25, 0.3) is 21.9 Å². The Morgan fingerprint density at radius 3 is 2.67 bits per heavy atom. The lowest BCUT2D eigenvalue weighted by Gasteiger charge is -2.12. The molecule has 0 aliphatic carbocycles. The standard InChI is InChI=1S/C28H27FN6S/c1-19-6-3-4-8-24(19)33-20(2)21-9-11-23(12-10-21)34-28-32-18-26(36-28)25-17-31-27-22(16-30-14-13-29)7-5-15-35(25)27/h3-12,15,17-18,30,33H,2,13-14,16H2,1H3,(H,32,34). The summed E-state index contributed by atoms with van der Waals surface area (Å²) in [5.41, 5.74) is 7.89. The number of alkyl halides is 1. The van der Waals surface area contributed by atoms with Gasteiger partial charge in [-0.05, 0) is 42.3 Å². The van der Waals surface area contributed by atoms with E-state index in [0.717, 1.165) is 49.5 Å². The second-order valence-corrected chi connectivity index (χ2v) is 9.42. The number of hydrogen-bond acceptors (Lipinski definition) is 6. The van der Waals surface area contributed by atoms with Crippen molar-refractivity contribution in [3.05, 3.63) is 103 Å². The highest BCUT2D eigenvalue weighted by atomic mass is 32.1. The number of thiazole rings is 1. The Balaban J connectivity index is 1.27. The molecule has 3 heterocycles. The van der Waals surface area contributed by atoms with E-state index in [1.807, 2.05) is 77.6 Å². The van der Waals surface area contributed by atoms with Gasteiger partial charge in [-0.15, -0.1) is 0 Å². The molecule has 0 aliphatic heterocycles. The van der Waals surface area contributed by atoms with Crippen LogP contribution in [0, 0.1) is 6.92 Å². The number of aromatic nitrogens is 3. The number of pyridine rings is 1. The minimum absolute atomic E-state index is 0.330. The molecule has 0 aliphatic rings. The van der Waals surface area contributed by atoms with Crippen LogP contribution >= 0.6 is 11.3 Å². The summed E-state index contributed by atoms with van der Waals surface area (Å²) >= 11 is 1.56. The van der Waals surface area contributed by atoms with Gasteiger partial charge < -0.3 is 16.0 Å². The fourth-order valence-corrected chi connectivity index (χ4v) is 4.80. The summed E-state index contributed by atoms with van der Waals surface area (Å²) in [5, 5.41) is 10.7. The van der Waals surface area contributed by atoms with Crippen LogP contribution in [0.15, 0.2) is 85.8 Å². The number of imidazole rings is 1. The molecule has 0 saturated heterocycles. The van der Waals surface area contributed by atoms with Gasteiger partial charge in [0.05, 0.1) is 16.8 Å². The molecule has 0 fully saturated rings. The molecule has 2 aromatic carbocycles. The van der Waals surface area contributed by atoms with Crippen LogP contribution in [-0.4, -0.2) is 27.6 Å². The largest absolute Gasteiger partial charge is 0.355 e. The minimum atomic E-state index is -0.388. The normalized spacial score (nSPS) is 11.1. The molecule has 3 aromatic heterocycles.